The first kappa shape index (κ1) is 9.90. The fraction of sp³-hybridized carbons (Fsp3) is 0.333. The molecule has 3 nitrogen and oxygen atoms in total. The van der Waals surface area contributed by atoms with E-state index >= 15 is 0 Å². The Morgan fingerprint density at radius 1 is 1.20 bits per heavy atom. The topological polar surface area (TPSA) is 46.2 Å². The van der Waals surface area contributed by atoms with E-state index in [1.54, 1.807) is 0 Å². The Balaban J connectivity index is 2.00. The number of rotatable bonds is 2. The van der Waals surface area contributed by atoms with Crippen LogP contribution in [0.1, 0.15) is 18.4 Å². The zero-order valence-electron chi connectivity index (χ0n) is 8.40. The van der Waals surface area contributed by atoms with E-state index < -0.39 is 0 Å². The number of hydrogen-bond donors (Lipinski definition) is 1. The number of Topliss-reactive ketones (excluding diaryl/α,β-unsaturated/α-hetero) is 1. The summed E-state index contributed by atoms with van der Waals surface area (Å²) < 4.78 is 0. The highest BCUT2D eigenvalue weighted by Gasteiger charge is 2.24. The molecular weight excluding hydrogens is 190 g/mol. The molecule has 1 saturated heterocycles. The van der Waals surface area contributed by atoms with Crippen LogP contribution in [-0.4, -0.2) is 17.7 Å². The van der Waals surface area contributed by atoms with Gasteiger partial charge in [0.25, 0.3) is 0 Å². The van der Waals surface area contributed by atoms with Gasteiger partial charge in [-0.3, -0.25) is 9.59 Å². The molecule has 0 spiro atoms. The molecule has 1 heterocycles. The van der Waals surface area contributed by atoms with Gasteiger partial charge in [0.15, 0.2) is 0 Å². The molecule has 0 aliphatic carbocycles. The summed E-state index contributed by atoms with van der Waals surface area (Å²) in [4.78, 5) is 22.4. The molecule has 0 saturated carbocycles. The average molecular weight is 203 g/mol. The molecular formula is C12H13NO2. The van der Waals surface area contributed by atoms with Crippen molar-refractivity contribution in [3.8, 4) is 0 Å². The Bertz CT molecular complexity index is 356. The molecule has 15 heavy (non-hydrogen) atoms. The van der Waals surface area contributed by atoms with E-state index in [-0.39, 0.29) is 24.2 Å². The number of nitrogens with one attached hydrogen (secondary N) is 1. The molecule has 1 aromatic rings. The smallest absolute Gasteiger partial charge is 0.227 e. The van der Waals surface area contributed by atoms with Crippen LogP contribution in [0.15, 0.2) is 30.3 Å². The molecule has 1 aliphatic heterocycles. The van der Waals surface area contributed by atoms with Crippen LogP contribution >= 0.6 is 0 Å². The molecule has 3 heteroatoms. The van der Waals surface area contributed by atoms with Crippen molar-refractivity contribution in [1.29, 1.82) is 0 Å². The number of benzene rings is 1. The summed E-state index contributed by atoms with van der Waals surface area (Å²) in [5.41, 5.74) is 1.15. The number of amides is 1. The predicted molar refractivity (Wildman–Crippen MR) is 56.3 cm³/mol. The van der Waals surface area contributed by atoms with Gasteiger partial charge in [0.05, 0.1) is 6.42 Å². The van der Waals surface area contributed by atoms with Crippen LogP contribution in [0, 0.1) is 0 Å². The lowest BCUT2D eigenvalue weighted by Gasteiger charge is -2.22. The third-order valence-electron chi connectivity index (χ3n) is 2.52. The summed E-state index contributed by atoms with van der Waals surface area (Å²) >= 11 is 0. The fourth-order valence-corrected chi connectivity index (χ4v) is 1.88. The number of carbonyl (C=O) groups excluding carboxylic acids is 2. The normalized spacial score (nSPS) is 21.2. The van der Waals surface area contributed by atoms with Gasteiger partial charge in [-0.2, -0.15) is 0 Å². The van der Waals surface area contributed by atoms with E-state index in [1.807, 2.05) is 30.3 Å². The summed E-state index contributed by atoms with van der Waals surface area (Å²) in [6, 6.07) is 9.86. The van der Waals surface area contributed by atoms with E-state index in [0.29, 0.717) is 6.42 Å². The van der Waals surface area contributed by atoms with Gasteiger partial charge in [-0.05, 0) is 12.0 Å². The minimum absolute atomic E-state index is 0.0267. The van der Waals surface area contributed by atoms with E-state index in [0.717, 1.165) is 12.0 Å². The summed E-state index contributed by atoms with van der Waals surface area (Å²) in [5, 5.41) is 2.84. The molecule has 1 fully saturated rings. The van der Waals surface area contributed by atoms with E-state index in [4.69, 9.17) is 0 Å². The highest BCUT2D eigenvalue weighted by molar-refractivity contribution is 6.00. The van der Waals surface area contributed by atoms with Crippen molar-refractivity contribution in [3.05, 3.63) is 35.9 Å². The van der Waals surface area contributed by atoms with Crippen LogP contribution in [0.4, 0.5) is 0 Å². The fourth-order valence-electron chi connectivity index (χ4n) is 1.88. The zero-order valence-corrected chi connectivity index (χ0v) is 8.40. The molecule has 0 aromatic heterocycles. The first-order valence-electron chi connectivity index (χ1n) is 5.09. The minimum atomic E-state index is -0.146. The number of carbonyl (C=O) groups is 2. The lowest BCUT2D eigenvalue weighted by Crippen LogP contribution is -2.43. The third kappa shape index (κ3) is 2.65. The van der Waals surface area contributed by atoms with Crippen molar-refractivity contribution in [2.24, 2.45) is 0 Å². The van der Waals surface area contributed by atoms with E-state index in [2.05, 4.69) is 5.32 Å². The molecule has 2 rings (SSSR count). The van der Waals surface area contributed by atoms with Crippen LogP contribution in [0.25, 0.3) is 0 Å². The quantitative estimate of drug-likeness (QED) is 0.731. The lowest BCUT2D eigenvalue weighted by molar-refractivity contribution is -0.131. The van der Waals surface area contributed by atoms with E-state index in [9.17, 15) is 9.59 Å². The van der Waals surface area contributed by atoms with Crippen LogP contribution in [0.2, 0.25) is 0 Å². The maximum atomic E-state index is 11.2. The second-order valence-electron chi connectivity index (χ2n) is 3.87. The molecule has 0 radical (unpaired) electrons. The van der Waals surface area contributed by atoms with Crippen molar-refractivity contribution < 1.29 is 9.59 Å². The summed E-state index contributed by atoms with van der Waals surface area (Å²) in [5.74, 6) is -0.105. The van der Waals surface area contributed by atoms with Crippen molar-refractivity contribution >= 4 is 11.7 Å². The monoisotopic (exact) mass is 203 g/mol. The Morgan fingerprint density at radius 2 is 1.93 bits per heavy atom. The largest absolute Gasteiger partial charge is 0.352 e. The summed E-state index contributed by atoms with van der Waals surface area (Å²) in [6.45, 7) is 0. The maximum absolute atomic E-state index is 11.2. The highest BCUT2D eigenvalue weighted by Crippen LogP contribution is 2.10. The van der Waals surface area contributed by atoms with Gasteiger partial charge in [-0.15, -0.1) is 0 Å². The standard InChI is InChI=1S/C12H13NO2/c14-11-7-10(13-12(15)8-11)6-9-4-2-1-3-5-9/h1-5,10H,6-8H2,(H,13,15)/t10-/m1/s1. The van der Waals surface area contributed by atoms with Gasteiger partial charge in [0, 0.05) is 12.5 Å². The van der Waals surface area contributed by atoms with Crippen molar-refractivity contribution in [2.45, 2.75) is 25.3 Å². The lowest BCUT2D eigenvalue weighted by atomic mass is 9.97. The van der Waals surface area contributed by atoms with Gasteiger partial charge < -0.3 is 5.32 Å². The van der Waals surface area contributed by atoms with Crippen molar-refractivity contribution in [1.82, 2.24) is 5.32 Å². The molecule has 0 unspecified atom stereocenters. The molecule has 0 bridgehead atoms. The van der Waals surface area contributed by atoms with Gasteiger partial charge in [0.2, 0.25) is 5.91 Å². The van der Waals surface area contributed by atoms with Gasteiger partial charge in [0.1, 0.15) is 5.78 Å². The Kier molecular flexibility index (Phi) is 2.81. The second-order valence-corrected chi connectivity index (χ2v) is 3.87. The Morgan fingerprint density at radius 3 is 2.60 bits per heavy atom. The summed E-state index contributed by atoms with van der Waals surface area (Å²) in [7, 11) is 0. The van der Waals surface area contributed by atoms with Crippen LogP contribution in [0.5, 0.6) is 0 Å². The van der Waals surface area contributed by atoms with Crippen LogP contribution in [-0.2, 0) is 16.0 Å². The zero-order chi connectivity index (χ0) is 10.7. The summed E-state index contributed by atoms with van der Waals surface area (Å²) in [6.07, 6.45) is 1.24. The molecule has 1 aliphatic rings. The molecule has 1 atom stereocenters. The predicted octanol–water partition coefficient (Wildman–Crippen LogP) is 1.08. The Hall–Kier alpha value is -1.64. The number of piperidine rings is 1. The maximum Gasteiger partial charge on any atom is 0.227 e. The van der Waals surface area contributed by atoms with Gasteiger partial charge >= 0.3 is 0 Å². The van der Waals surface area contributed by atoms with Crippen LogP contribution < -0.4 is 5.32 Å². The average Bonchev–Trinajstić information content (AvgIpc) is 2.17. The second kappa shape index (κ2) is 4.26. The first-order chi connectivity index (χ1) is 7.24. The van der Waals surface area contributed by atoms with Gasteiger partial charge in [-0.1, -0.05) is 30.3 Å². The van der Waals surface area contributed by atoms with E-state index in [1.165, 1.54) is 0 Å². The molecule has 1 aromatic carbocycles. The molecule has 1 amide bonds. The third-order valence-corrected chi connectivity index (χ3v) is 2.52. The molecule has 1 N–H and O–H groups in total. The SMILES string of the molecule is O=C1CC(=O)N[C@H](Cc2ccccc2)C1. The van der Waals surface area contributed by atoms with Crippen molar-refractivity contribution in [3.63, 3.8) is 0 Å². The highest BCUT2D eigenvalue weighted by atomic mass is 16.2. The first-order valence-corrected chi connectivity index (χ1v) is 5.09. The number of ketones is 1. The molecule has 78 valence electrons. The van der Waals surface area contributed by atoms with Crippen molar-refractivity contribution in [2.75, 3.05) is 0 Å². The Labute approximate surface area is 88.5 Å². The number of hydrogen-bond acceptors (Lipinski definition) is 2. The minimum Gasteiger partial charge on any atom is -0.352 e. The van der Waals surface area contributed by atoms with Crippen LogP contribution in [0.3, 0.4) is 0 Å². The van der Waals surface area contributed by atoms with Gasteiger partial charge in [-0.25, -0.2) is 0 Å².